The summed E-state index contributed by atoms with van der Waals surface area (Å²) in [6.45, 7) is 4.65. The normalized spacial score (nSPS) is 15.4. The summed E-state index contributed by atoms with van der Waals surface area (Å²) in [5, 5.41) is 13.0. The SMILES string of the molecule is CCCc1ccc(OC)c(C(C)(C)C(C(O)C(=O)Nc2ccc3c(c2)COC3=O)C(F)(F)F)c1. The lowest BCUT2D eigenvalue weighted by molar-refractivity contribution is -0.216. The van der Waals surface area contributed by atoms with Gasteiger partial charge in [-0.2, -0.15) is 13.2 Å². The molecule has 2 atom stereocenters. The number of aliphatic hydroxyl groups excluding tert-OH is 1. The summed E-state index contributed by atoms with van der Waals surface area (Å²) in [6, 6.07) is 9.27. The van der Waals surface area contributed by atoms with Crippen molar-refractivity contribution in [3.05, 3.63) is 58.7 Å². The van der Waals surface area contributed by atoms with Gasteiger partial charge in [-0.25, -0.2) is 4.79 Å². The summed E-state index contributed by atoms with van der Waals surface area (Å²) < 4.78 is 53.2. The molecule has 0 saturated carbocycles. The van der Waals surface area contributed by atoms with Gasteiger partial charge in [-0.1, -0.05) is 39.3 Å². The quantitative estimate of drug-likeness (QED) is 0.533. The Kier molecular flexibility index (Phi) is 7.26. The van der Waals surface area contributed by atoms with Crippen molar-refractivity contribution in [2.45, 2.75) is 57.9 Å². The predicted octanol–water partition coefficient (Wildman–Crippen LogP) is 4.77. The molecule has 2 aromatic carbocycles. The van der Waals surface area contributed by atoms with Gasteiger partial charge >= 0.3 is 12.1 Å². The molecule has 0 bridgehead atoms. The van der Waals surface area contributed by atoms with Crippen molar-refractivity contribution >= 4 is 17.6 Å². The molecular formula is C25H28F3NO5. The molecule has 2 unspecified atom stereocenters. The highest BCUT2D eigenvalue weighted by Gasteiger charge is 2.56. The van der Waals surface area contributed by atoms with Gasteiger partial charge in [0.25, 0.3) is 5.91 Å². The van der Waals surface area contributed by atoms with E-state index in [2.05, 4.69) is 5.32 Å². The molecular weight excluding hydrogens is 451 g/mol. The molecule has 0 aliphatic carbocycles. The van der Waals surface area contributed by atoms with Crippen LogP contribution in [0.3, 0.4) is 0 Å². The Morgan fingerprint density at radius 1 is 1.21 bits per heavy atom. The van der Waals surface area contributed by atoms with Crippen molar-refractivity contribution in [2.24, 2.45) is 5.92 Å². The number of methoxy groups -OCH3 is 1. The number of carbonyl (C=O) groups is 2. The number of esters is 1. The highest BCUT2D eigenvalue weighted by molar-refractivity contribution is 5.97. The molecule has 0 aromatic heterocycles. The van der Waals surface area contributed by atoms with Gasteiger partial charge in [-0.15, -0.1) is 0 Å². The van der Waals surface area contributed by atoms with Crippen LogP contribution in [0.5, 0.6) is 5.75 Å². The van der Waals surface area contributed by atoms with Gasteiger partial charge in [0, 0.05) is 22.2 Å². The minimum atomic E-state index is -4.90. The van der Waals surface area contributed by atoms with E-state index < -0.39 is 35.5 Å². The van der Waals surface area contributed by atoms with Crippen molar-refractivity contribution < 1.29 is 37.3 Å². The van der Waals surface area contributed by atoms with Crippen LogP contribution in [0.4, 0.5) is 18.9 Å². The molecule has 0 spiro atoms. The molecule has 3 rings (SSSR count). The zero-order valence-corrected chi connectivity index (χ0v) is 19.5. The van der Waals surface area contributed by atoms with Crippen LogP contribution in [0.2, 0.25) is 0 Å². The molecule has 0 saturated heterocycles. The van der Waals surface area contributed by atoms with E-state index in [1.165, 1.54) is 39.2 Å². The van der Waals surface area contributed by atoms with Gasteiger partial charge in [0.1, 0.15) is 18.5 Å². The number of cyclic esters (lactones) is 1. The fraction of sp³-hybridized carbons (Fsp3) is 0.440. The van der Waals surface area contributed by atoms with E-state index in [9.17, 15) is 27.9 Å². The summed E-state index contributed by atoms with van der Waals surface area (Å²) in [4.78, 5) is 24.4. The number of hydrogen-bond acceptors (Lipinski definition) is 5. The van der Waals surface area contributed by atoms with E-state index in [1.54, 1.807) is 18.2 Å². The fourth-order valence-electron chi connectivity index (χ4n) is 4.43. The number of nitrogens with one attached hydrogen (secondary N) is 1. The number of aliphatic hydroxyl groups is 1. The number of fused-ring (bicyclic) bond motifs is 1. The first-order valence-corrected chi connectivity index (χ1v) is 10.9. The minimum Gasteiger partial charge on any atom is -0.496 e. The Morgan fingerprint density at radius 2 is 1.91 bits per heavy atom. The van der Waals surface area contributed by atoms with Gasteiger partial charge in [-0.3, -0.25) is 4.79 Å². The van der Waals surface area contributed by atoms with Crippen molar-refractivity contribution in [3.8, 4) is 5.75 Å². The molecule has 2 aromatic rings. The molecule has 9 heteroatoms. The lowest BCUT2D eigenvalue weighted by Crippen LogP contribution is -2.51. The molecule has 1 aliphatic heterocycles. The van der Waals surface area contributed by atoms with E-state index in [0.717, 1.165) is 12.0 Å². The largest absolute Gasteiger partial charge is 0.496 e. The fourth-order valence-corrected chi connectivity index (χ4v) is 4.43. The number of alkyl halides is 3. The Hall–Kier alpha value is -3.07. The van der Waals surface area contributed by atoms with Crippen LogP contribution in [0, 0.1) is 5.92 Å². The maximum atomic E-state index is 14.3. The minimum absolute atomic E-state index is 0.00648. The Labute approximate surface area is 196 Å². The molecule has 1 amide bonds. The first kappa shape index (κ1) is 25.6. The Bertz CT molecular complexity index is 1080. The third kappa shape index (κ3) is 5.04. The molecule has 1 aliphatic rings. The second-order valence-corrected chi connectivity index (χ2v) is 8.91. The molecule has 1 heterocycles. The maximum absolute atomic E-state index is 14.3. The topological polar surface area (TPSA) is 84.9 Å². The molecule has 34 heavy (non-hydrogen) atoms. The smallest absolute Gasteiger partial charge is 0.395 e. The zero-order valence-electron chi connectivity index (χ0n) is 19.5. The summed E-state index contributed by atoms with van der Waals surface area (Å²) >= 11 is 0. The van der Waals surface area contributed by atoms with E-state index in [4.69, 9.17) is 9.47 Å². The number of rotatable bonds is 8. The van der Waals surface area contributed by atoms with E-state index in [-0.39, 0.29) is 23.6 Å². The average Bonchev–Trinajstić information content (AvgIpc) is 3.12. The van der Waals surface area contributed by atoms with Crippen LogP contribution in [-0.2, 0) is 28.0 Å². The van der Waals surface area contributed by atoms with Crippen LogP contribution in [0.25, 0.3) is 0 Å². The molecule has 0 radical (unpaired) electrons. The maximum Gasteiger partial charge on any atom is 0.395 e. The summed E-state index contributed by atoms with van der Waals surface area (Å²) in [6.07, 6.45) is -5.83. The van der Waals surface area contributed by atoms with Crippen molar-refractivity contribution in [1.82, 2.24) is 0 Å². The van der Waals surface area contributed by atoms with E-state index in [1.807, 2.05) is 6.92 Å². The third-order valence-electron chi connectivity index (χ3n) is 6.16. The van der Waals surface area contributed by atoms with Gasteiger partial charge in [-0.05, 0) is 36.2 Å². The second kappa shape index (κ2) is 9.66. The van der Waals surface area contributed by atoms with Crippen LogP contribution in [0.1, 0.15) is 54.2 Å². The predicted molar refractivity (Wildman–Crippen MR) is 120 cm³/mol. The van der Waals surface area contributed by atoms with Crippen LogP contribution in [-0.4, -0.2) is 36.4 Å². The van der Waals surface area contributed by atoms with Gasteiger partial charge in [0.2, 0.25) is 0 Å². The van der Waals surface area contributed by atoms with Crippen molar-refractivity contribution in [2.75, 3.05) is 12.4 Å². The van der Waals surface area contributed by atoms with Crippen LogP contribution >= 0.6 is 0 Å². The number of benzene rings is 2. The van der Waals surface area contributed by atoms with Crippen LogP contribution < -0.4 is 10.1 Å². The summed E-state index contributed by atoms with van der Waals surface area (Å²) in [5.74, 6) is -3.89. The summed E-state index contributed by atoms with van der Waals surface area (Å²) in [7, 11) is 1.36. The van der Waals surface area contributed by atoms with Gasteiger partial charge in [0.05, 0.1) is 18.6 Å². The second-order valence-electron chi connectivity index (χ2n) is 8.91. The Balaban J connectivity index is 1.94. The van der Waals surface area contributed by atoms with Gasteiger partial charge < -0.3 is 19.9 Å². The standard InChI is InChI=1S/C25H28F3NO5/c1-5-6-14-7-10-19(33-4)18(11-14)24(2,3)21(25(26,27)28)20(30)22(31)29-16-8-9-17-15(12-16)13-34-23(17)32/h7-12,20-21,30H,5-6,13H2,1-4H3,(H,29,31). The first-order chi connectivity index (χ1) is 15.9. The van der Waals surface area contributed by atoms with Crippen molar-refractivity contribution in [1.29, 1.82) is 0 Å². The average molecular weight is 479 g/mol. The molecule has 0 fully saturated rings. The molecule has 184 valence electrons. The number of aryl methyl sites for hydroxylation is 1. The number of ether oxygens (including phenoxy) is 2. The number of carbonyl (C=O) groups excluding carboxylic acids is 2. The molecule has 6 nitrogen and oxygen atoms in total. The third-order valence-corrected chi connectivity index (χ3v) is 6.16. The number of hydrogen-bond donors (Lipinski definition) is 2. The highest BCUT2D eigenvalue weighted by atomic mass is 19.4. The highest BCUT2D eigenvalue weighted by Crippen LogP contribution is 2.47. The zero-order chi connectivity index (χ0) is 25.3. The van der Waals surface area contributed by atoms with Crippen molar-refractivity contribution in [3.63, 3.8) is 0 Å². The van der Waals surface area contributed by atoms with Gasteiger partial charge in [0.15, 0.2) is 0 Å². The lowest BCUT2D eigenvalue weighted by atomic mass is 9.69. The van der Waals surface area contributed by atoms with E-state index in [0.29, 0.717) is 17.5 Å². The monoisotopic (exact) mass is 479 g/mol. The summed E-state index contributed by atoms with van der Waals surface area (Å²) in [5.41, 5.74) is 0.364. The molecule has 2 N–H and O–H groups in total. The van der Waals surface area contributed by atoms with Crippen LogP contribution in [0.15, 0.2) is 36.4 Å². The number of anilines is 1. The Morgan fingerprint density at radius 3 is 2.53 bits per heavy atom. The number of halogens is 3. The first-order valence-electron chi connectivity index (χ1n) is 10.9. The van der Waals surface area contributed by atoms with E-state index >= 15 is 0 Å². The lowest BCUT2D eigenvalue weighted by Gasteiger charge is -2.39. The number of amides is 1.